The van der Waals surface area contributed by atoms with Crippen LogP contribution in [0.25, 0.3) is 0 Å². The topological polar surface area (TPSA) is 124 Å². The summed E-state index contributed by atoms with van der Waals surface area (Å²) >= 11 is 0. The first-order chi connectivity index (χ1) is 14.7. The summed E-state index contributed by atoms with van der Waals surface area (Å²) in [4.78, 5) is 38.2. The van der Waals surface area contributed by atoms with Crippen molar-refractivity contribution in [3.05, 3.63) is 56.2 Å². The van der Waals surface area contributed by atoms with Gasteiger partial charge >= 0.3 is 5.69 Å². The van der Waals surface area contributed by atoms with Gasteiger partial charge in [0, 0.05) is 32.2 Å². The molecule has 31 heavy (non-hydrogen) atoms. The first-order valence-electron chi connectivity index (χ1n) is 10.4. The molecule has 2 N–H and O–H groups in total. The fourth-order valence-electron chi connectivity index (χ4n) is 3.81. The molecule has 168 valence electrons. The zero-order valence-corrected chi connectivity index (χ0v) is 18.7. The third kappa shape index (κ3) is 4.35. The Kier molecular flexibility index (Phi) is 6.80. The van der Waals surface area contributed by atoms with E-state index in [-0.39, 0.29) is 28.4 Å². The van der Waals surface area contributed by atoms with E-state index in [1.807, 2.05) is 6.92 Å². The van der Waals surface area contributed by atoms with Crippen molar-refractivity contribution >= 4 is 21.6 Å². The van der Waals surface area contributed by atoms with Crippen molar-refractivity contribution in [2.45, 2.75) is 50.5 Å². The number of nitrogens with zero attached hydrogens (tertiary/aromatic N) is 3. The minimum absolute atomic E-state index is 0.00229. The van der Waals surface area contributed by atoms with Gasteiger partial charge in [0.05, 0.1) is 4.90 Å². The molecule has 1 saturated heterocycles. The Hall–Kier alpha value is -2.72. The number of carbonyl (C=O) groups is 1. The first kappa shape index (κ1) is 23.0. The van der Waals surface area contributed by atoms with Gasteiger partial charge in [-0.15, -0.1) is 0 Å². The molecular weight excluding hydrogens is 420 g/mol. The fraction of sp³-hybridized carbons (Fsp3) is 0.476. The van der Waals surface area contributed by atoms with Crippen molar-refractivity contribution in [3.8, 4) is 0 Å². The normalized spacial score (nSPS) is 15.5. The lowest BCUT2D eigenvalue weighted by atomic mass is 10.0. The van der Waals surface area contributed by atoms with Crippen LogP contribution in [0.3, 0.4) is 0 Å². The number of rotatable bonds is 6. The van der Waals surface area contributed by atoms with Gasteiger partial charge in [0.15, 0.2) is 0 Å². The maximum absolute atomic E-state index is 13.2. The van der Waals surface area contributed by atoms with Crippen LogP contribution in [0.4, 0.5) is 5.82 Å². The third-order valence-corrected chi connectivity index (χ3v) is 7.45. The molecule has 0 unspecified atom stereocenters. The zero-order valence-electron chi connectivity index (χ0n) is 17.8. The number of anilines is 1. The number of aromatic nitrogens is 2. The quantitative estimate of drug-likeness (QED) is 0.665. The van der Waals surface area contributed by atoms with Crippen molar-refractivity contribution in [1.82, 2.24) is 13.4 Å². The molecule has 10 heteroatoms. The molecule has 1 aromatic heterocycles. The van der Waals surface area contributed by atoms with Crippen LogP contribution in [0.2, 0.25) is 0 Å². The number of carbonyl (C=O) groups excluding carboxylic acids is 1. The molecule has 1 aromatic carbocycles. The second-order valence-corrected chi connectivity index (χ2v) is 9.67. The predicted molar refractivity (Wildman–Crippen MR) is 118 cm³/mol. The average Bonchev–Trinajstić information content (AvgIpc) is 3.05. The van der Waals surface area contributed by atoms with Crippen LogP contribution in [0.5, 0.6) is 0 Å². The highest BCUT2D eigenvalue weighted by Crippen LogP contribution is 2.22. The zero-order chi connectivity index (χ0) is 22.8. The molecule has 0 radical (unpaired) electrons. The highest BCUT2D eigenvalue weighted by atomic mass is 32.2. The maximum Gasteiger partial charge on any atom is 0.332 e. The summed E-state index contributed by atoms with van der Waals surface area (Å²) in [5.41, 5.74) is 4.33. The SMILES string of the molecule is CCCn1c(N)c(C(=O)c2cccc(S(=O)(=O)N3CCCCCC3)c2)c(=O)n(C)c1=O. The molecule has 2 aromatic rings. The molecular formula is C21H28N4O5S. The number of nitrogens with two attached hydrogens (primary N) is 1. The minimum Gasteiger partial charge on any atom is -0.384 e. The van der Waals surface area contributed by atoms with Gasteiger partial charge < -0.3 is 5.73 Å². The van der Waals surface area contributed by atoms with Crippen LogP contribution in [0.1, 0.15) is 54.9 Å². The van der Waals surface area contributed by atoms with Crippen molar-refractivity contribution in [1.29, 1.82) is 0 Å². The van der Waals surface area contributed by atoms with Gasteiger partial charge in [-0.1, -0.05) is 31.9 Å². The summed E-state index contributed by atoms with van der Waals surface area (Å²) in [7, 11) is -2.48. The van der Waals surface area contributed by atoms with Crippen molar-refractivity contribution in [2.24, 2.45) is 7.05 Å². The summed E-state index contributed by atoms with van der Waals surface area (Å²) in [5, 5.41) is 0. The van der Waals surface area contributed by atoms with E-state index in [9.17, 15) is 22.8 Å². The van der Waals surface area contributed by atoms with Gasteiger partial charge in [0.25, 0.3) is 5.56 Å². The summed E-state index contributed by atoms with van der Waals surface area (Å²) in [6.45, 7) is 2.98. The summed E-state index contributed by atoms with van der Waals surface area (Å²) in [5.74, 6) is -0.920. The lowest BCUT2D eigenvalue weighted by Gasteiger charge is -2.20. The van der Waals surface area contributed by atoms with Crippen LogP contribution in [-0.2, 0) is 23.6 Å². The van der Waals surface area contributed by atoms with E-state index in [1.54, 1.807) is 0 Å². The summed E-state index contributed by atoms with van der Waals surface area (Å²) < 4.78 is 29.7. The van der Waals surface area contributed by atoms with Crippen LogP contribution in [0.15, 0.2) is 38.8 Å². The second-order valence-electron chi connectivity index (χ2n) is 7.73. The Labute approximate surface area is 181 Å². The highest BCUT2D eigenvalue weighted by molar-refractivity contribution is 7.89. The van der Waals surface area contributed by atoms with Crippen LogP contribution >= 0.6 is 0 Å². The van der Waals surface area contributed by atoms with Gasteiger partial charge in [-0.2, -0.15) is 4.31 Å². The number of sulfonamides is 1. The van der Waals surface area contributed by atoms with E-state index in [4.69, 9.17) is 5.73 Å². The summed E-state index contributed by atoms with van der Waals surface area (Å²) in [6, 6.07) is 5.63. The molecule has 0 spiro atoms. The Morgan fingerprint density at radius 3 is 2.35 bits per heavy atom. The molecule has 1 aliphatic heterocycles. The standard InChI is InChI=1S/C21H28N4O5S/c1-3-11-25-19(22)17(20(27)23(2)21(25)28)18(26)15-9-8-10-16(14-15)31(29,30)24-12-6-4-5-7-13-24/h8-10,14H,3-7,11-13,22H2,1-2H3. The number of hydrogen-bond donors (Lipinski definition) is 1. The number of hydrogen-bond acceptors (Lipinski definition) is 6. The van der Waals surface area contributed by atoms with E-state index in [0.29, 0.717) is 19.5 Å². The number of nitrogen functional groups attached to an aromatic ring is 1. The molecule has 0 bridgehead atoms. The number of ketones is 1. The average molecular weight is 449 g/mol. The third-order valence-electron chi connectivity index (χ3n) is 5.56. The van der Waals surface area contributed by atoms with Gasteiger partial charge in [0.1, 0.15) is 11.4 Å². The monoisotopic (exact) mass is 448 g/mol. The Morgan fingerprint density at radius 2 is 1.74 bits per heavy atom. The lowest BCUT2D eigenvalue weighted by molar-refractivity contribution is 0.103. The summed E-state index contributed by atoms with van der Waals surface area (Å²) in [6.07, 6.45) is 4.15. The maximum atomic E-state index is 13.2. The van der Waals surface area contributed by atoms with E-state index < -0.39 is 27.1 Å². The molecule has 2 heterocycles. The molecule has 3 rings (SSSR count). The smallest absolute Gasteiger partial charge is 0.332 e. The van der Waals surface area contributed by atoms with Crippen LogP contribution in [-0.4, -0.2) is 40.7 Å². The number of benzene rings is 1. The lowest BCUT2D eigenvalue weighted by Crippen LogP contribution is -2.42. The van der Waals surface area contributed by atoms with Gasteiger partial charge in [0.2, 0.25) is 15.8 Å². The fourth-order valence-corrected chi connectivity index (χ4v) is 5.37. The minimum atomic E-state index is -3.76. The van der Waals surface area contributed by atoms with Crippen LogP contribution in [0, 0.1) is 0 Å². The first-order valence-corrected chi connectivity index (χ1v) is 11.9. The van der Waals surface area contributed by atoms with Gasteiger partial charge in [-0.25, -0.2) is 13.2 Å². The van der Waals surface area contributed by atoms with Gasteiger partial charge in [-0.05, 0) is 31.4 Å². The van der Waals surface area contributed by atoms with Gasteiger partial charge in [-0.3, -0.25) is 18.7 Å². The molecule has 1 aliphatic rings. The van der Waals surface area contributed by atoms with E-state index in [1.165, 1.54) is 40.2 Å². The Morgan fingerprint density at radius 1 is 1.10 bits per heavy atom. The highest BCUT2D eigenvalue weighted by Gasteiger charge is 2.27. The van der Waals surface area contributed by atoms with Crippen molar-refractivity contribution < 1.29 is 13.2 Å². The van der Waals surface area contributed by atoms with Crippen molar-refractivity contribution in [3.63, 3.8) is 0 Å². The molecule has 0 saturated carbocycles. The Balaban J connectivity index is 2.07. The molecule has 1 fully saturated rings. The van der Waals surface area contributed by atoms with E-state index in [0.717, 1.165) is 30.3 Å². The second kappa shape index (κ2) is 9.19. The molecule has 0 atom stereocenters. The molecule has 0 amide bonds. The Bertz CT molecular complexity index is 1210. The van der Waals surface area contributed by atoms with E-state index >= 15 is 0 Å². The van der Waals surface area contributed by atoms with Crippen LogP contribution < -0.4 is 17.0 Å². The van der Waals surface area contributed by atoms with E-state index in [2.05, 4.69) is 0 Å². The predicted octanol–water partition coefficient (Wildman–Crippen LogP) is 1.33. The molecule has 0 aliphatic carbocycles. The van der Waals surface area contributed by atoms with Crippen molar-refractivity contribution in [2.75, 3.05) is 18.8 Å². The largest absolute Gasteiger partial charge is 0.384 e. The molecule has 9 nitrogen and oxygen atoms in total.